The topological polar surface area (TPSA) is 64.8 Å². The number of hydrogen-bond donors (Lipinski definition) is 1. The van der Waals surface area contributed by atoms with E-state index < -0.39 is 11.4 Å². The van der Waals surface area contributed by atoms with Crippen LogP contribution in [0.5, 0.6) is 5.75 Å². The van der Waals surface area contributed by atoms with Gasteiger partial charge in [-0.05, 0) is 25.0 Å². The first-order valence-corrected chi connectivity index (χ1v) is 7.02. The molecule has 0 unspecified atom stereocenters. The molecule has 7 heteroatoms. The molecule has 0 aliphatic carbocycles. The Hall–Kier alpha value is -1.37. The molecule has 0 aromatic heterocycles. The summed E-state index contributed by atoms with van der Waals surface area (Å²) in [5.74, 6) is -0.346. The lowest BCUT2D eigenvalue weighted by Crippen LogP contribution is -2.57. The number of amides is 1. The van der Waals surface area contributed by atoms with E-state index in [-0.39, 0.29) is 30.7 Å². The fraction of sp³-hybridized carbons (Fsp3) is 0.533. The molecule has 2 rings (SSSR count). The summed E-state index contributed by atoms with van der Waals surface area (Å²) >= 11 is 0. The lowest BCUT2D eigenvalue weighted by atomic mass is 9.90. The number of likely N-dealkylation sites (N-methyl/N-ethyl adjacent to an activating group) is 1. The van der Waals surface area contributed by atoms with E-state index in [2.05, 4.69) is 0 Å². The van der Waals surface area contributed by atoms with Gasteiger partial charge < -0.3 is 20.1 Å². The number of ether oxygens (including phenoxy) is 2. The Morgan fingerprint density at radius 1 is 1.41 bits per heavy atom. The summed E-state index contributed by atoms with van der Waals surface area (Å²) in [4.78, 5) is 13.9. The predicted molar refractivity (Wildman–Crippen MR) is 83.8 cm³/mol. The summed E-state index contributed by atoms with van der Waals surface area (Å²) in [6, 6.07) is 6.19. The van der Waals surface area contributed by atoms with Crippen molar-refractivity contribution < 1.29 is 18.7 Å². The Bertz CT molecular complexity index is 495. The van der Waals surface area contributed by atoms with Gasteiger partial charge in [-0.15, -0.1) is 12.4 Å². The highest BCUT2D eigenvalue weighted by molar-refractivity contribution is 5.86. The second-order valence-electron chi connectivity index (χ2n) is 5.27. The van der Waals surface area contributed by atoms with E-state index in [1.54, 1.807) is 25.2 Å². The number of halogens is 2. The van der Waals surface area contributed by atoms with E-state index in [0.29, 0.717) is 32.6 Å². The van der Waals surface area contributed by atoms with Crippen molar-refractivity contribution in [2.45, 2.75) is 18.4 Å². The number of carbonyl (C=O) groups excluding carboxylic acids is 1. The van der Waals surface area contributed by atoms with Crippen LogP contribution in [0.4, 0.5) is 4.39 Å². The quantitative estimate of drug-likeness (QED) is 0.889. The maximum absolute atomic E-state index is 13.4. The Labute approximate surface area is 136 Å². The van der Waals surface area contributed by atoms with Crippen molar-refractivity contribution in [2.75, 3.05) is 33.4 Å². The zero-order chi connectivity index (χ0) is 15.3. The molecule has 1 saturated heterocycles. The molecule has 1 aromatic rings. The van der Waals surface area contributed by atoms with E-state index in [9.17, 15) is 9.18 Å². The number of hydrogen-bond acceptors (Lipinski definition) is 4. The lowest BCUT2D eigenvalue weighted by molar-refractivity contribution is -0.139. The second-order valence-corrected chi connectivity index (χ2v) is 5.27. The fourth-order valence-corrected chi connectivity index (χ4v) is 2.29. The highest BCUT2D eigenvalue weighted by atomic mass is 35.5. The van der Waals surface area contributed by atoms with Crippen LogP contribution in [0.3, 0.4) is 0 Å². The Morgan fingerprint density at radius 3 is 2.68 bits per heavy atom. The standard InChI is InChI=1S/C15H21FN2O3.ClH/c1-18(14(19)15(17)6-9-20-10-7-15)8-11-21-13-5-3-2-4-12(13)16;/h2-5H,6-11,17H2,1H3;1H. The zero-order valence-corrected chi connectivity index (χ0v) is 13.4. The molecule has 1 aromatic carbocycles. The molecule has 22 heavy (non-hydrogen) atoms. The lowest BCUT2D eigenvalue weighted by Gasteiger charge is -2.35. The van der Waals surface area contributed by atoms with Crippen molar-refractivity contribution in [3.05, 3.63) is 30.1 Å². The molecule has 1 fully saturated rings. The normalized spacial score (nSPS) is 16.5. The first kappa shape index (κ1) is 18.7. The van der Waals surface area contributed by atoms with Crippen LogP contribution in [0.1, 0.15) is 12.8 Å². The van der Waals surface area contributed by atoms with Crippen LogP contribution in [0, 0.1) is 5.82 Å². The van der Waals surface area contributed by atoms with Gasteiger partial charge in [0.1, 0.15) is 6.61 Å². The molecule has 124 valence electrons. The molecule has 0 saturated carbocycles. The van der Waals surface area contributed by atoms with Gasteiger partial charge in [0.25, 0.3) is 0 Å². The molecule has 2 N–H and O–H groups in total. The van der Waals surface area contributed by atoms with E-state index >= 15 is 0 Å². The molecule has 0 spiro atoms. The largest absolute Gasteiger partial charge is 0.489 e. The second kappa shape index (κ2) is 8.31. The van der Waals surface area contributed by atoms with Crippen molar-refractivity contribution in [1.82, 2.24) is 4.90 Å². The molecular weight excluding hydrogens is 311 g/mol. The van der Waals surface area contributed by atoms with Crippen LogP contribution in [0.15, 0.2) is 24.3 Å². The van der Waals surface area contributed by atoms with Gasteiger partial charge in [0.15, 0.2) is 11.6 Å². The maximum Gasteiger partial charge on any atom is 0.242 e. The Balaban J connectivity index is 0.00000242. The first-order valence-electron chi connectivity index (χ1n) is 7.02. The molecular formula is C15H22ClFN2O3. The fourth-order valence-electron chi connectivity index (χ4n) is 2.29. The minimum atomic E-state index is -0.856. The van der Waals surface area contributed by atoms with E-state index in [1.165, 1.54) is 11.0 Å². The average molecular weight is 333 g/mol. The first-order chi connectivity index (χ1) is 10.0. The van der Waals surface area contributed by atoms with Crippen LogP contribution < -0.4 is 10.5 Å². The summed E-state index contributed by atoms with van der Waals surface area (Å²) in [5.41, 5.74) is 5.28. The van der Waals surface area contributed by atoms with Crippen molar-refractivity contribution >= 4 is 18.3 Å². The summed E-state index contributed by atoms with van der Waals surface area (Å²) < 4.78 is 24.0. The predicted octanol–water partition coefficient (Wildman–Crippen LogP) is 1.59. The number of rotatable bonds is 5. The summed E-state index contributed by atoms with van der Waals surface area (Å²) in [7, 11) is 1.68. The highest BCUT2D eigenvalue weighted by Crippen LogP contribution is 2.20. The number of para-hydroxylation sites is 1. The molecule has 1 heterocycles. The molecule has 0 radical (unpaired) electrons. The molecule has 0 bridgehead atoms. The zero-order valence-electron chi connectivity index (χ0n) is 12.6. The summed E-state index contributed by atoms with van der Waals surface area (Å²) in [6.07, 6.45) is 1.04. The van der Waals surface area contributed by atoms with Crippen LogP contribution in [-0.4, -0.2) is 49.8 Å². The van der Waals surface area contributed by atoms with Gasteiger partial charge in [0, 0.05) is 20.3 Å². The van der Waals surface area contributed by atoms with Crippen molar-refractivity contribution in [3.8, 4) is 5.75 Å². The minimum absolute atomic E-state index is 0. The van der Waals surface area contributed by atoms with Crippen LogP contribution in [0.25, 0.3) is 0 Å². The van der Waals surface area contributed by atoms with Crippen molar-refractivity contribution in [2.24, 2.45) is 5.73 Å². The van der Waals surface area contributed by atoms with E-state index in [4.69, 9.17) is 15.2 Å². The third-order valence-electron chi connectivity index (χ3n) is 3.68. The number of benzene rings is 1. The third kappa shape index (κ3) is 4.56. The van der Waals surface area contributed by atoms with Gasteiger partial charge in [-0.2, -0.15) is 0 Å². The van der Waals surface area contributed by atoms with Gasteiger partial charge in [0.2, 0.25) is 5.91 Å². The van der Waals surface area contributed by atoms with Crippen molar-refractivity contribution in [3.63, 3.8) is 0 Å². The Morgan fingerprint density at radius 2 is 2.05 bits per heavy atom. The molecule has 1 amide bonds. The summed E-state index contributed by atoms with van der Waals surface area (Å²) in [5, 5.41) is 0. The molecule has 5 nitrogen and oxygen atoms in total. The Kier molecular flexibility index (Phi) is 7.06. The maximum atomic E-state index is 13.4. The van der Waals surface area contributed by atoms with Crippen LogP contribution in [0.2, 0.25) is 0 Å². The minimum Gasteiger partial charge on any atom is -0.489 e. The molecule has 1 aliphatic heterocycles. The highest BCUT2D eigenvalue weighted by Gasteiger charge is 2.37. The molecule has 1 aliphatic rings. The summed E-state index contributed by atoms with van der Waals surface area (Å²) in [6.45, 7) is 1.58. The van der Waals surface area contributed by atoms with Gasteiger partial charge >= 0.3 is 0 Å². The monoisotopic (exact) mass is 332 g/mol. The SMILES string of the molecule is CN(CCOc1ccccc1F)C(=O)C1(N)CCOCC1.Cl. The van der Waals surface area contributed by atoms with Crippen LogP contribution >= 0.6 is 12.4 Å². The van der Waals surface area contributed by atoms with Crippen LogP contribution in [-0.2, 0) is 9.53 Å². The molecule has 0 atom stereocenters. The van der Waals surface area contributed by atoms with E-state index in [0.717, 1.165) is 0 Å². The third-order valence-corrected chi connectivity index (χ3v) is 3.68. The van der Waals surface area contributed by atoms with Gasteiger partial charge in [-0.25, -0.2) is 4.39 Å². The van der Waals surface area contributed by atoms with Gasteiger partial charge in [-0.3, -0.25) is 4.79 Å². The van der Waals surface area contributed by atoms with Gasteiger partial charge in [0.05, 0.1) is 12.1 Å². The number of nitrogens with zero attached hydrogens (tertiary/aromatic N) is 1. The van der Waals surface area contributed by atoms with Crippen molar-refractivity contribution in [1.29, 1.82) is 0 Å². The smallest absolute Gasteiger partial charge is 0.242 e. The number of nitrogens with two attached hydrogens (primary N) is 1. The van der Waals surface area contributed by atoms with Gasteiger partial charge in [-0.1, -0.05) is 12.1 Å². The van der Waals surface area contributed by atoms with E-state index in [1.807, 2.05) is 0 Å². The average Bonchev–Trinajstić information content (AvgIpc) is 2.49. The number of carbonyl (C=O) groups is 1.